The Hall–Kier alpha value is -2.02. The number of carbonyl (C=O) groups is 1. The van der Waals surface area contributed by atoms with Crippen LogP contribution in [0.3, 0.4) is 0 Å². The maximum atomic E-state index is 12.2. The van der Waals surface area contributed by atoms with Crippen LogP contribution in [0.5, 0.6) is 5.75 Å². The maximum Gasteiger partial charge on any atom is 0.224 e. The van der Waals surface area contributed by atoms with Crippen molar-refractivity contribution in [2.75, 3.05) is 12.4 Å². The maximum absolute atomic E-state index is 12.2. The molecule has 0 radical (unpaired) electrons. The summed E-state index contributed by atoms with van der Waals surface area (Å²) in [6.45, 7) is 0. The van der Waals surface area contributed by atoms with Crippen LogP contribution in [0.25, 0.3) is 0 Å². The van der Waals surface area contributed by atoms with Crippen LogP contribution >= 0.6 is 0 Å². The average molecular weight is 284 g/mol. The number of nitrogens with zero attached hydrogens (tertiary/aromatic N) is 1. The van der Waals surface area contributed by atoms with Crippen LogP contribution < -0.4 is 10.1 Å². The summed E-state index contributed by atoms with van der Waals surface area (Å²) in [6, 6.07) is 7.13. The Kier molecular flexibility index (Phi) is 3.83. The molecule has 2 saturated carbocycles. The molecule has 1 amide bonds. The normalized spacial score (nSPS) is 26.4. The molecule has 0 aromatic heterocycles. The first-order valence-electron chi connectivity index (χ1n) is 7.57. The molecule has 0 aliphatic heterocycles. The molecular formula is C17H20N2O2. The molecule has 3 atom stereocenters. The number of rotatable bonds is 4. The molecule has 1 aromatic rings. The van der Waals surface area contributed by atoms with Gasteiger partial charge in [-0.3, -0.25) is 4.79 Å². The van der Waals surface area contributed by atoms with Gasteiger partial charge in [-0.05, 0) is 49.1 Å². The van der Waals surface area contributed by atoms with E-state index in [0.29, 0.717) is 29.3 Å². The summed E-state index contributed by atoms with van der Waals surface area (Å²) in [7, 11) is 1.54. The van der Waals surface area contributed by atoms with E-state index in [1.165, 1.54) is 25.7 Å². The molecule has 4 nitrogen and oxygen atoms in total. The molecule has 1 aromatic carbocycles. The molecule has 3 rings (SSSR count). The second-order valence-corrected chi connectivity index (χ2v) is 6.21. The fraction of sp³-hybridized carbons (Fsp3) is 0.529. The first kappa shape index (κ1) is 13.9. The van der Waals surface area contributed by atoms with Crippen molar-refractivity contribution >= 4 is 11.6 Å². The number of hydrogen-bond donors (Lipinski definition) is 1. The number of nitrogens with one attached hydrogen (secondary N) is 1. The lowest BCUT2D eigenvalue weighted by Gasteiger charge is -2.21. The SMILES string of the molecule is COc1cc(C#N)ccc1NC(=O)CC1CC2CCC1C2. The van der Waals surface area contributed by atoms with E-state index >= 15 is 0 Å². The zero-order chi connectivity index (χ0) is 14.8. The number of hydrogen-bond acceptors (Lipinski definition) is 3. The number of carbonyl (C=O) groups excluding carboxylic acids is 1. The fourth-order valence-electron chi connectivity index (χ4n) is 3.93. The smallest absolute Gasteiger partial charge is 0.224 e. The molecule has 0 spiro atoms. The molecule has 0 saturated heterocycles. The summed E-state index contributed by atoms with van der Waals surface area (Å²) in [4.78, 5) is 12.2. The molecule has 2 bridgehead atoms. The fourth-order valence-corrected chi connectivity index (χ4v) is 3.93. The van der Waals surface area contributed by atoms with Gasteiger partial charge in [0.1, 0.15) is 5.75 Å². The van der Waals surface area contributed by atoms with E-state index in [1.54, 1.807) is 25.3 Å². The van der Waals surface area contributed by atoms with Crippen molar-refractivity contribution in [3.8, 4) is 11.8 Å². The monoisotopic (exact) mass is 284 g/mol. The number of methoxy groups -OCH3 is 1. The highest BCUT2D eigenvalue weighted by Crippen LogP contribution is 2.49. The zero-order valence-electron chi connectivity index (χ0n) is 12.3. The van der Waals surface area contributed by atoms with E-state index < -0.39 is 0 Å². The van der Waals surface area contributed by atoms with Crippen molar-refractivity contribution < 1.29 is 9.53 Å². The van der Waals surface area contributed by atoms with Gasteiger partial charge in [-0.15, -0.1) is 0 Å². The number of benzene rings is 1. The molecule has 2 fully saturated rings. The standard InChI is InChI=1S/C17H20N2O2/c1-21-16-8-12(10-18)3-5-15(16)19-17(20)9-14-7-11-2-4-13(14)6-11/h3,5,8,11,13-14H,2,4,6-7,9H2,1H3,(H,19,20). The van der Waals surface area contributed by atoms with Crippen molar-refractivity contribution in [2.45, 2.75) is 32.1 Å². The summed E-state index contributed by atoms with van der Waals surface area (Å²) < 4.78 is 5.24. The predicted molar refractivity (Wildman–Crippen MR) is 79.9 cm³/mol. The van der Waals surface area contributed by atoms with Crippen LogP contribution in [-0.4, -0.2) is 13.0 Å². The lowest BCUT2D eigenvalue weighted by molar-refractivity contribution is -0.117. The van der Waals surface area contributed by atoms with Gasteiger partial charge in [-0.2, -0.15) is 5.26 Å². The summed E-state index contributed by atoms with van der Waals surface area (Å²) in [6.07, 6.45) is 5.78. The molecule has 4 heteroatoms. The van der Waals surface area contributed by atoms with Crippen LogP contribution in [0.4, 0.5) is 5.69 Å². The Morgan fingerprint density at radius 3 is 2.90 bits per heavy atom. The van der Waals surface area contributed by atoms with Gasteiger partial charge in [-0.25, -0.2) is 0 Å². The van der Waals surface area contributed by atoms with Crippen molar-refractivity contribution in [3.05, 3.63) is 23.8 Å². The number of fused-ring (bicyclic) bond motifs is 2. The van der Waals surface area contributed by atoms with Crippen LogP contribution in [0.1, 0.15) is 37.7 Å². The molecule has 21 heavy (non-hydrogen) atoms. The van der Waals surface area contributed by atoms with Crippen molar-refractivity contribution in [1.29, 1.82) is 5.26 Å². The zero-order valence-corrected chi connectivity index (χ0v) is 12.3. The highest BCUT2D eigenvalue weighted by atomic mass is 16.5. The number of ether oxygens (including phenoxy) is 1. The third kappa shape index (κ3) is 2.87. The lowest BCUT2D eigenvalue weighted by Crippen LogP contribution is -2.20. The van der Waals surface area contributed by atoms with E-state index in [0.717, 1.165) is 11.8 Å². The van der Waals surface area contributed by atoms with Crippen LogP contribution in [-0.2, 0) is 4.79 Å². The Labute approximate surface area is 125 Å². The quantitative estimate of drug-likeness (QED) is 0.922. The van der Waals surface area contributed by atoms with Gasteiger partial charge in [-0.1, -0.05) is 6.42 Å². The number of anilines is 1. The van der Waals surface area contributed by atoms with E-state index in [1.807, 2.05) is 0 Å². The lowest BCUT2D eigenvalue weighted by atomic mass is 9.86. The summed E-state index contributed by atoms with van der Waals surface area (Å²) in [5.74, 6) is 2.75. The first-order valence-corrected chi connectivity index (χ1v) is 7.57. The van der Waals surface area contributed by atoms with Gasteiger partial charge in [0.25, 0.3) is 0 Å². The molecule has 3 unspecified atom stereocenters. The van der Waals surface area contributed by atoms with E-state index in [9.17, 15) is 4.79 Å². The molecular weight excluding hydrogens is 264 g/mol. The van der Waals surface area contributed by atoms with Crippen LogP contribution in [0, 0.1) is 29.1 Å². The minimum Gasteiger partial charge on any atom is -0.495 e. The van der Waals surface area contributed by atoms with Gasteiger partial charge in [0.15, 0.2) is 0 Å². The van der Waals surface area contributed by atoms with E-state index in [2.05, 4.69) is 11.4 Å². The molecule has 2 aliphatic rings. The predicted octanol–water partition coefficient (Wildman–Crippen LogP) is 3.33. The average Bonchev–Trinajstić information content (AvgIpc) is 3.10. The molecule has 1 N–H and O–H groups in total. The van der Waals surface area contributed by atoms with E-state index in [-0.39, 0.29) is 5.91 Å². The minimum atomic E-state index is 0.0514. The Morgan fingerprint density at radius 2 is 2.29 bits per heavy atom. The Bertz CT molecular complexity index is 591. The van der Waals surface area contributed by atoms with Gasteiger partial charge in [0.05, 0.1) is 24.4 Å². The van der Waals surface area contributed by atoms with Crippen molar-refractivity contribution in [1.82, 2.24) is 0 Å². The second kappa shape index (κ2) is 5.77. The first-order chi connectivity index (χ1) is 10.2. The topological polar surface area (TPSA) is 62.1 Å². The van der Waals surface area contributed by atoms with Gasteiger partial charge < -0.3 is 10.1 Å². The Morgan fingerprint density at radius 1 is 1.43 bits per heavy atom. The third-order valence-corrected chi connectivity index (χ3v) is 4.94. The summed E-state index contributed by atoms with van der Waals surface area (Å²) in [5.41, 5.74) is 1.17. The van der Waals surface area contributed by atoms with Gasteiger partial charge in [0, 0.05) is 12.5 Å². The summed E-state index contributed by atoms with van der Waals surface area (Å²) in [5, 5.41) is 11.8. The van der Waals surface area contributed by atoms with Crippen molar-refractivity contribution in [2.24, 2.45) is 17.8 Å². The molecule has 2 aliphatic carbocycles. The highest BCUT2D eigenvalue weighted by Gasteiger charge is 2.40. The largest absolute Gasteiger partial charge is 0.495 e. The van der Waals surface area contributed by atoms with Crippen LogP contribution in [0.2, 0.25) is 0 Å². The van der Waals surface area contributed by atoms with Crippen molar-refractivity contribution in [3.63, 3.8) is 0 Å². The second-order valence-electron chi connectivity index (χ2n) is 6.21. The third-order valence-electron chi connectivity index (χ3n) is 4.94. The number of nitriles is 1. The summed E-state index contributed by atoms with van der Waals surface area (Å²) >= 11 is 0. The highest BCUT2D eigenvalue weighted by molar-refractivity contribution is 5.92. The van der Waals surface area contributed by atoms with Gasteiger partial charge >= 0.3 is 0 Å². The number of amides is 1. The Balaban J connectivity index is 1.63. The van der Waals surface area contributed by atoms with E-state index in [4.69, 9.17) is 10.00 Å². The van der Waals surface area contributed by atoms with Gasteiger partial charge in [0.2, 0.25) is 5.91 Å². The molecule has 110 valence electrons. The minimum absolute atomic E-state index is 0.0514. The van der Waals surface area contributed by atoms with Crippen LogP contribution in [0.15, 0.2) is 18.2 Å². The molecule has 0 heterocycles.